The molecule has 2 saturated heterocycles. The molecular weight excluding hydrogens is 376 g/mol. The number of sulfonamides is 1. The van der Waals surface area contributed by atoms with Gasteiger partial charge in [0.25, 0.3) is 0 Å². The van der Waals surface area contributed by atoms with Gasteiger partial charge in [-0.15, -0.1) is 0 Å². The first-order chi connectivity index (χ1) is 13.6. The van der Waals surface area contributed by atoms with Crippen LogP contribution in [0.25, 0.3) is 0 Å². The maximum Gasteiger partial charge on any atom is 0.243 e. The molecule has 1 aliphatic carbocycles. The number of hydrogen-bond acceptors (Lipinski definition) is 4. The lowest BCUT2D eigenvalue weighted by Crippen LogP contribution is -2.44. The lowest BCUT2D eigenvalue weighted by Gasteiger charge is -2.34. The summed E-state index contributed by atoms with van der Waals surface area (Å²) in [5.41, 5.74) is 2.46. The second-order valence-electron chi connectivity index (χ2n) is 8.08. The standard InChI is InChI=1S/C21H30N2O4S/c24-21-6-2-11-22(21)12-3-13-23(19-9-14-27-15-10-19)28(25,26)20-8-7-17-4-1-5-18(17)16-20/h7-8,16,19H,1-6,9-15H2. The van der Waals surface area contributed by atoms with E-state index in [1.807, 2.05) is 17.0 Å². The molecule has 154 valence electrons. The molecule has 0 atom stereocenters. The van der Waals surface area contributed by atoms with Crippen molar-refractivity contribution in [2.75, 3.05) is 32.8 Å². The van der Waals surface area contributed by atoms with Crippen molar-refractivity contribution in [2.24, 2.45) is 0 Å². The van der Waals surface area contributed by atoms with Gasteiger partial charge in [0.05, 0.1) is 4.90 Å². The summed E-state index contributed by atoms with van der Waals surface area (Å²) in [6, 6.07) is 5.62. The fraction of sp³-hybridized carbons (Fsp3) is 0.667. The van der Waals surface area contributed by atoms with Gasteiger partial charge in [-0.2, -0.15) is 4.31 Å². The molecule has 0 bridgehead atoms. The van der Waals surface area contributed by atoms with Crippen molar-refractivity contribution in [2.45, 2.75) is 62.3 Å². The number of rotatable bonds is 7. The number of likely N-dealkylation sites (tertiary alicyclic amines) is 1. The summed E-state index contributed by atoms with van der Waals surface area (Å²) < 4.78 is 34.2. The van der Waals surface area contributed by atoms with Gasteiger partial charge in [0, 0.05) is 45.3 Å². The predicted octanol–water partition coefficient (Wildman–Crippen LogP) is 2.36. The lowest BCUT2D eigenvalue weighted by molar-refractivity contribution is -0.127. The van der Waals surface area contributed by atoms with Gasteiger partial charge in [-0.25, -0.2) is 8.42 Å². The Morgan fingerprint density at radius 2 is 1.86 bits per heavy atom. The number of nitrogens with zero attached hydrogens (tertiary/aromatic N) is 2. The zero-order chi connectivity index (χ0) is 19.6. The van der Waals surface area contributed by atoms with Crippen LogP contribution in [0.1, 0.15) is 49.7 Å². The normalized spacial score (nSPS) is 20.9. The average Bonchev–Trinajstić information content (AvgIpc) is 3.34. The van der Waals surface area contributed by atoms with Crippen LogP contribution in [-0.2, 0) is 32.4 Å². The van der Waals surface area contributed by atoms with Crippen LogP contribution in [-0.4, -0.2) is 62.4 Å². The highest BCUT2D eigenvalue weighted by molar-refractivity contribution is 7.89. The van der Waals surface area contributed by atoms with Crippen LogP contribution in [0, 0.1) is 0 Å². The maximum atomic E-state index is 13.5. The van der Waals surface area contributed by atoms with Gasteiger partial charge in [0.2, 0.25) is 15.9 Å². The molecule has 0 unspecified atom stereocenters. The Labute approximate surface area is 167 Å². The van der Waals surface area contributed by atoms with Crippen LogP contribution in [0.4, 0.5) is 0 Å². The number of ether oxygens (including phenoxy) is 1. The molecule has 1 aromatic rings. The minimum Gasteiger partial charge on any atom is -0.381 e. The zero-order valence-corrected chi connectivity index (χ0v) is 17.3. The molecule has 0 spiro atoms. The summed E-state index contributed by atoms with van der Waals surface area (Å²) in [6.07, 6.45) is 6.78. The van der Waals surface area contributed by atoms with E-state index in [0.29, 0.717) is 44.0 Å². The van der Waals surface area contributed by atoms with Crippen LogP contribution < -0.4 is 0 Å². The van der Waals surface area contributed by atoms with Crippen molar-refractivity contribution in [1.29, 1.82) is 0 Å². The molecule has 0 radical (unpaired) electrons. The first kappa shape index (κ1) is 19.9. The van der Waals surface area contributed by atoms with Crippen LogP contribution in [0.15, 0.2) is 23.1 Å². The summed E-state index contributed by atoms with van der Waals surface area (Å²) >= 11 is 0. The Hall–Kier alpha value is -1.44. The topological polar surface area (TPSA) is 66.9 Å². The quantitative estimate of drug-likeness (QED) is 0.697. The van der Waals surface area contributed by atoms with E-state index in [-0.39, 0.29) is 11.9 Å². The van der Waals surface area contributed by atoms with Gasteiger partial charge in [0.1, 0.15) is 0 Å². The van der Waals surface area contributed by atoms with Gasteiger partial charge < -0.3 is 9.64 Å². The van der Waals surface area contributed by atoms with Crippen molar-refractivity contribution in [3.05, 3.63) is 29.3 Å². The van der Waals surface area contributed by atoms with E-state index in [1.54, 1.807) is 10.4 Å². The molecule has 6 nitrogen and oxygen atoms in total. The highest BCUT2D eigenvalue weighted by atomic mass is 32.2. The van der Waals surface area contributed by atoms with Gasteiger partial charge >= 0.3 is 0 Å². The summed E-state index contributed by atoms with van der Waals surface area (Å²) in [7, 11) is -3.56. The van der Waals surface area contributed by atoms with Gasteiger partial charge in [-0.05, 0) is 68.2 Å². The van der Waals surface area contributed by atoms with Crippen molar-refractivity contribution in [3.63, 3.8) is 0 Å². The molecule has 7 heteroatoms. The third-order valence-electron chi connectivity index (χ3n) is 6.25. The fourth-order valence-electron chi connectivity index (χ4n) is 4.67. The average molecular weight is 407 g/mol. The second-order valence-corrected chi connectivity index (χ2v) is 9.97. The second kappa shape index (κ2) is 8.51. The molecule has 2 heterocycles. The van der Waals surface area contributed by atoms with Crippen LogP contribution >= 0.6 is 0 Å². The predicted molar refractivity (Wildman–Crippen MR) is 107 cm³/mol. The highest BCUT2D eigenvalue weighted by Crippen LogP contribution is 2.29. The highest BCUT2D eigenvalue weighted by Gasteiger charge is 2.33. The third-order valence-corrected chi connectivity index (χ3v) is 8.20. The van der Waals surface area contributed by atoms with E-state index in [2.05, 4.69) is 0 Å². The van der Waals surface area contributed by atoms with E-state index in [0.717, 1.165) is 45.1 Å². The molecule has 0 aromatic heterocycles. The molecule has 1 amide bonds. The van der Waals surface area contributed by atoms with E-state index >= 15 is 0 Å². The Morgan fingerprint density at radius 1 is 1.07 bits per heavy atom. The molecule has 1 aromatic carbocycles. The summed E-state index contributed by atoms with van der Waals surface area (Å²) in [5, 5.41) is 0. The number of carbonyl (C=O) groups excluding carboxylic acids is 1. The van der Waals surface area contributed by atoms with E-state index < -0.39 is 10.0 Å². The SMILES string of the molecule is O=C1CCCN1CCCN(C1CCOCC1)S(=O)(=O)c1ccc2c(c1)CCC2. The first-order valence-electron chi connectivity index (χ1n) is 10.5. The fourth-order valence-corrected chi connectivity index (χ4v) is 6.45. The van der Waals surface area contributed by atoms with Crippen molar-refractivity contribution in [3.8, 4) is 0 Å². The molecule has 28 heavy (non-hydrogen) atoms. The van der Waals surface area contributed by atoms with Gasteiger partial charge in [-0.3, -0.25) is 4.79 Å². The Bertz CT molecular complexity index is 818. The monoisotopic (exact) mass is 406 g/mol. The van der Waals surface area contributed by atoms with Gasteiger partial charge in [-0.1, -0.05) is 6.07 Å². The van der Waals surface area contributed by atoms with E-state index in [1.165, 1.54) is 11.1 Å². The summed E-state index contributed by atoms with van der Waals surface area (Å²) in [6.45, 7) is 3.09. The zero-order valence-electron chi connectivity index (χ0n) is 16.4. The molecule has 2 aliphatic heterocycles. The van der Waals surface area contributed by atoms with Crippen molar-refractivity contribution >= 4 is 15.9 Å². The molecule has 0 saturated carbocycles. The van der Waals surface area contributed by atoms with E-state index in [9.17, 15) is 13.2 Å². The minimum absolute atomic E-state index is 0.0266. The summed E-state index contributed by atoms with van der Waals surface area (Å²) in [5.74, 6) is 0.194. The number of carbonyl (C=O) groups is 1. The van der Waals surface area contributed by atoms with E-state index in [4.69, 9.17) is 4.74 Å². The maximum absolute atomic E-state index is 13.5. The van der Waals surface area contributed by atoms with Crippen LogP contribution in [0.2, 0.25) is 0 Å². The molecule has 4 rings (SSSR count). The van der Waals surface area contributed by atoms with Crippen molar-refractivity contribution in [1.82, 2.24) is 9.21 Å². The van der Waals surface area contributed by atoms with Gasteiger partial charge in [0.15, 0.2) is 0 Å². The minimum atomic E-state index is -3.56. The lowest BCUT2D eigenvalue weighted by atomic mass is 10.1. The molecule has 2 fully saturated rings. The van der Waals surface area contributed by atoms with Crippen molar-refractivity contribution < 1.29 is 17.9 Å². The van der Waals surface area contributed by atoms with Crippen LogP contribution in [0.5, 0.6) is 0 Å². The number of hydrogen-bond donors (Lipinski definition) is 0. The Balaban J connectivity index is 1.52. The number of amides is 1. The largest absolute Gasteiger partial charge is 0.381 e. The molecule has 3 aliphatic rings. The smallest absolute Gasteiger partial charge is 0.243 e. The Kier molecular flexibility index (Phi) is 6.04. The molecule has 0 N–H and O–H groups in total. The Morgan fingerprint density at radius 3 is 2.61 bits per heavy atom. The molecular formula is C21H30N2O4S. The number of benzene rings is 1. The number of fused-ring (bicyclic) bond motifs is 1. The van der Waals surface area contributed by atoms with Crippen LogP contribution in [0.3, 0.4) is 0 Å². The number of aryl methyl sites for hydroxylation is 2. The summed E-state index contributed by atoms with van der Waals surface area (Å²) in [4.78, 5) is 14.1. The first-order valence-corrected chi connectivity index (χ1v) is 12.0. The third kappa shape index (κ3) is 4.11.